The number of pyridine rings is 1. The van der Waals surface area contributed by atoms with Gasteiger partial charge in [0.1, 0.15) is 4.90 Å². The lowest BCUT2D eigenvalue weighted by molar-refractivity contribution is 0.0823. The maximum absolute atomic E-state index is 12.8. The average Bonchev–Trinajstić information content (AvgIpc) is 3.15. The van der Waals surface area contributed by atoms with Gasteiger partial charge in [-0.2, -0.15) is 4.31 Å². The third-order valence-corrected chi connectivity index (χ3v) is 6.76. The molecule has 3 heterocycles. The van der Waals surface area contributed by atoms with E-state index in [1.165, 1.54) is 28.9 Å². The van der Waals surface area contributed by atoms with Gasteiger partial charge in [0.25, 0.3) is 0 Å². The highest BCUT2D eigenvalue weighted by Gasteiger charge is 2.44. The molecule has 0 radical (unpaired) electrons. The van der Waals surface area contributed by atoms with E-state index in [-0.39, 0.29) is 18.1 Å². The lowest BCUT2D eigenvalue weighted by atomic mass is 10.0. The highest BCUT2D eigenvalue weighted by Crippen LogP contribution is 2.31. The molecule has 1 N–H and O–H groups in total. The number of hydrogen-bond acceptors (Lipinski definition) is 6. The van der Waals surface area contributed by atoms with Crippen LogP contribution >= 0.6 is 11.3 Å². The topological polar surface area (TPSA) is 79.7 Å². The van der Waals surface area contributed by atoms with Crippen molar-refractivity contribution < 1.29 is 18.3 Å². The number of hydrogen-bond donors (Lipinski definition) is 1. The van der Waals surface area contributed by atoms with Crippen LogP contribution in [-0.4, -0.2) is 55.2 Å². The first kappa shape index (κ1) is 14.9. The molecule has 2 aromatic heterocycles. The van der Waals surface area contributed by atoms with Crippen LogP contribution in [0.1, 0.15) is 6.42 Å². The summed E-state index contributed by atoms with van der Waals surface area (Å²) in [7, 11) is -2.24. The fourth-order valence-corrected chi connectivity index (χ4v) is 4.79. The Morgan fingerprint density at radius 3 is 3.05 bits per heavy atom. The molecule has 0 bridgehead atoms. The minimum atomic E-state index is -3.72. The molecule has 0 unspecified atom stereocenters. The highest BCUT2D eigenvalue weighted by molar-refractivity contribution is 7.89. The fourth-order valence-electron chi connectivity index (χ4n) is 2.45. The van der Waals surface area contributed by atoms with E-state index in [1.807, 2.05) is 11.4 Å². The summed E-state index contributed by atoms with van der Waals surface area (Å²) in [6, 6.07) is 3.47. The minimum Gasteiger partial charge on any atom is -0.394 e. The minimum absolute atomic E-state index is 0.139. The van der Waals surface area contributed by atoms with Gasteiger partial charge < -0.3 is 9.84 Å². The molecule has 0 aromatic carbocycles. The smallest absolute Gasteiger partial charge is 0.245 e. The zero-order chi connectivity index (χ0) is 15.1. The molecule has 21 heavy (non-hydrogen) atoms. The van der Waals surface area contributed by atoms with E-state index in [9.17, 15) is 13.5 Å². The van der Waals surface area contributed by atoms with Gasteiger partial charge in [-0.1, -0.05) is 0 Å². The van der Waals surface area contributed by atoms with Crippen LogP contribution in [0.25, 0.3) is 10.2 Å². The van der Waals surface area contributed by atoms with Crippen LogP contribution in [0.5, 0.6) is 0 Å². The van der Waals surface area contributed by atoms with Crippen molar-refractivity contribution in [3.63, 3.8) is 0 Å². The van der Waals surface area contributed by atoms with Crippen molar-refractivity contribution in [2.45, 2.75) is 16.9 Å². The third kappa shape index (κ3) is 2.36. The molecule has 3 rings (SSSR count). The first-order valence-corrected chi connectivity index (χ1v) is 8.82. The molecule has 1 aliphatic heterocycles. The van der Waals surface area contributed by atoms with Crippen LogP contribution in [0.2, 0.25) is 0 Å². The Morgan fingerprint density at radius 1 is 1.57 bits per heavy atom. The predicted molar refractivity (Wildman–Crippen MR) is 79.8 cm³/mol. The van der Waals surface area contributed by atoms with Gasteiger partial charge in [-0.05, 0) is 23.9 Å². The Hall–Kier alpha value is -1.06. The summed E-state index contributed by atoms with van der Waals surface area (Å²) < 4.78 is 32.9. The Bertz CT molecular complexity index is 750. The molecule has 8 heteroatoms. The van der Waals surface area contributed by atoms with E-state index in [2.05, 4.69) is 4.98 Å². The second-order valence-electron chi connectivity index (χ2n) is 5.13. The Morgan fingerprint density at radius 2 is 2.38 bits per heavy atom. The van der Waals surface area contributed by atoms with Gasteiger partial charge in [-0.25, -0.2) is 8.42 Å². The number of likely N-dealkylation sites (N-methyl/N-ethyl adjacent to an activating group) is 1. The van der Waals surface area contributed by atoms with Crippen molar-refractivity contribution >= 4 is 31.6 Å². The summed E-state index contributed by atoms with van der Waals surface area (Å²) in [6.07, 6.45) is 1.84. The standard InChI is InChI=1S/C13H16N2O4S2/c1-15(13(8-16)3-4-19-9-13)21(17,18)10-6-12-11(14-7-10)2-5-20-12/h2,5-7,16H,3-4,8-9H2,1H3/t13-/m0/s1. The lowest BCUT2D eigenvalue weighted by Gasteiger charge is -2.34. The van der Waals surface area contributed by atoms with Crippen LogP contribution in [0.3, 0.4) is 0 Å². The SMILES string of the molecule is CN([C@]1(CO)CCOC1)S(=O)(=O)c1cnc2ccsc2c1. The number of aliphatic hydroxyl groups excluding tert-OH is 1. The van der Waals surface area contributed by atoms with Crippen molar-refractivity contribution in [1.29, 1.82) is 0 Å². The van der Waals surface area contributed by atoms with E-state index in [0.29, 0.717) is 13.0 Å². The zero-order valence-corrected chi connectivity index (χ0v) is 13.2. The molecule has 1 saturated heterocycles. The number of fused-ring (bicyclic) bond motifs is 1. The molecule has 1 fully saturated rings. The quantitative estimate of drug-likeness (QED) is 0.908. The molecule has 1 atom stereocenters. The largest absolute Gasteiger partial charge is 0.394 e. The number of nitrogens with zero attached hydrogens (tertiary/aromatic N) is 2. The van der Waals surface area contributed by atoms with Crippen LogP contribution in [0.15, 0.2) is 28.6 Å². The van der Waals surface area contributed by atoms with E-state index < -0.39 is 15.6 Å². The monoisotopic (exact) mass is 328 g/mol. The summed E-state index contributed by atoms with van der Waals surface area (Å²) in [5.74, 6) is 0. The third-order valence-electron chi connectivity index (χ3n) is 3.98. The van der Waals surface area contributed by atoms with Crippen molar-refractivity contribution in [2.75, 3.05) is 26.9 Å². The van der Waals surface area contributed by atoms with Gasteiger partial charge in [0.2, 0.25) is 10.0 Å². The van der Waals surface area contributed by atoms with Gasteiger partial charge in [0.05, 0.1) is 29.0 Å². The van der Waals surface area contributed by atoms with Gasteiger partial charge in [-0.15, -0.1) is 11.3 Å². The maximum atomic E-state index is 12.8. The van der Waals surface area contributed by atoms with E-state index in [1.54, 1.807) is 6.07 Å². The van der Waals surface area contributed by atoms with Crippen molar-refractivity contribution in [1.82, 2.24) is 9.29 Å². The molecule has 2 aromatic rings. The normalized spacial score (nSPS) is 23.2. The van der Waals surface area contributed by atoms with Crippen LogP contribution in [0.4, 0.5) is 0 Å². The first-order valence-electron chi connectivity index (χ1n) is 6.50. The molecule has 0 aliphatic carbocycles. The second kappa shape index (κ2) is 5.29. The molecule has 1 aliphatic rings. The van der Waals surface area contributed by atoms with Crippen molar-refractivity contribution in [3.8, 4) is 0 Å². The van der Waals surface area contributed by atoms with Crippen LogP contribution < -0.4 is 0 Å². The average molecular weight is 328 g/mol. The van der Waals surface area contributed by atoms with Crippen molar-refractivity contribution in [2.24, 2.45) is 0 Å². The second-order valence-corrected chi connectivity index (χ2v) is 8.05. The summed E-state index contributed by atoms with van der Waals surface area (Å²) >= 11 is 1.45. The molecule has 114 valence electrons. The molecule has 0 saturated carbocycles. The molecule has 6 nitrogen and oxygen atoms in total. The predicted octanol–water partition coefficient (Wildman–Crippen LogP) is 1.07. The summed E-state index contributed by atoms with van der Waals surface area (Å²) in [6.45, 7) is 0.383. The van der Waals surface area contributed by atoms with Gasteiger partial charge in [0.15, 0.2) is 0 Å². The first-order chi connectivity index (χ1) is 9.99. The number of thiophene rings is 1. The Kier molecular flexibility index (Phi) is 3.74. The summed E-state index contributed by atoms with van der Waals surface area (Å²) in [5, 5.41) is 11.5. The van der Waals surface area contributed by atoms with Gasteiger partial charge in [0, 0.05) is 19.9 Å². The fraction of sp³-hybridized carbons (Fsp3) is 0.462. The zero-order valence-electron chi connectivity index (χ0n) is 11.5. The van der Waals surface area contributed by atoms with E-state index >= 15 is 0 Å². The summed E-state index contributed by atoms with van der Waals surface area (Å²) in [4.78, 5) is 4.31. The van der Waals surface area contributed by atoms with Gasteiger partial charge in [-0.3, -0.25) is 4.98 Å². The molecular weight excluding hydrogens is 312 g/mol. The van der Waals surface area contributed by atoms with E-state index in [4.69, 9.17) is 4.74 Å². The van der Waals surface area contributed by atoms with E-state index in [0.717, 1.165) is 10.2 Å². The van der Waals surface area contributed by atoms with Gasteiger partial charge >= 0.3 is 0 Å². The maximum Gasteiger partial charge on any atom is 0.245 e. The number of ether oxygens (including phenoxy) is 1. The summed E-state index contributed by atoms with van der Waals surface area (Å²) in [5.41, 5.74) is -0.105. The lowest BCUT2D eigenvalue weighted by Crippen LogP contribution is -2.52. The number of sulfonamides is 1. The number of aromatic nitrogens is 1. The number of aliphatic hydroxyl groups is 1. The Balaban J connectivity index is 2.02. The Labute approximate surface area is 127 Å². The molecule has 0 spiro atoms. The van der Waals surface area contributed by atoms with Crippen molar-refractivity contribution in [3.05, 3.63) is 23.7 Å². The molecule has 0 amide bonds. The number of rotatable bonds is 4. The van der Waals surface area contributed by atoms with Crippen LogP contribution in [0, 0.1) is 0 Å². The molecular formula is C13H16N2O4S2. The van der Waals surface area contributed by atoms with Crippen LogP contribution in [-0.2, 0) is 14.8 Å². The highest BCUT2D eigenvalue weighted by atomic mass is 32.2.